The van der Waals surface area contributed by atoms with Crippen molar-refractivity contribution in [2.24, 2.45) is 10.7 Å². The zero-order valence-electron chi connectivity index (χ0n) is 10.7. The minimum atomic E-state index is -0.272. The van der Waals surface area contributed by atoms with E-state index in [4.69, 9.17) is 10.5 Å². The number of nitrogens with one attached hydrogen (secondary N) is 1. The molecule has 1 aliphatic carbocycles. The molecule has 0 radical (unpaired) electrons. The molecule has 0 amide bonds. The largest absolute Gasteiger partial charge is 0.491 e. The van der Waals surface area contributed by atoms with Gasteiger partial charge in [0.2, 0.25) is 0 Å². The van der Waals surface area contributed by atoms with Gasteiger partial charge in [0.15, 0.2) is 5.96 Å². The first-order valence-corrected chi connectivity index (χ1v) is 6.74. The molecule has 0 bridgehead atoms. The van der Waals surface area contributed by atoms with Crippen molar-refractivity contribution in [3.8, 4) is 5.75 Å². The van der Waals surface area contributed by atoms with Crippen molar-refractivity contribution in [2.75, 3.05) is 6.61 Å². The molecule has 1 aromatic carbocycles. The number of hydrogen-bond donors (Lipinski definition) is 2. The zero-order valence-corrected chi connectivity index (χ0v) is 10.7. The molecule has 3 rings (SSSR count). The molecule has 1 aromatic rings. The number of aliphatic imine (C=N–C) groups is 1. The molecular formula is C14H18FN3O. The van der Waals surface area contributed by atoms with E-state index in [0.717, 1.165) is 18.4 Å². The Balaban J connectivity index is 1.72. The van der Waals surface area contributed by atoms with Gasteiger partial charge in [0, 0.05) is 11.6 Å². The quantitative estimate of drug-likeness (QED) is 0.634. The third-order valence-electron chi connectivity index (χ3n) is 3.73. The highest BCUT2D eigenvalue weighted by Crippen LogP contribution is 2.35. The maximum Gasteiger partial charge on any atom is 0.189 e. The minimum absolute atomic E-state index is 0.209. The number of hydrogen-bond acceptors (Lipinski definition) is 2. The Kier molecular flexibility index (Phi) is 3.27. The van der Waals surface area contributed by atoms with Crippen LogP contribution in [0, 0.1) is 5.82 Å². The van der Waals surface area contributed by atoms with Crippen molar-refractivity contribution in [1.82, 2.24) is 5.32 Å². The van der Waals surface area contributed by atoms with Crippen LogP contribution in [0.2, 0.25) is 0 Å². The van der Waals surface area contributed by atoms with Gasteiger partial charge in [0.1, 0.15) is 24.2 Å². The van der Waals surface area contributed by atoms with Crippen molar-refractivity contribution in [3.63, 3.8) is 0 Å². The summed E-state index contributed by atoms with van der Waals surface area (Å²) >= 11 is 0. The third-order valence-corrected chi connectivity index (χ3v) is 3.73. The predicted molar refractivity (Wildman–Crippen MR) is 71.7 cm³/mol. The van der Waals surface area contributed by atoms with E-state index in [0.29, 0.717) is 24.4 Å². The monoisotopic (exact) mass is 263 g/mol. The summed E-state index contributed by atoms with van der Waals surface area (Å²) in [5, 5.41) is 3.23. The third kappa shape index (κ3) is 2.64. The summed E-state index contributed by atoms with van der Waals surface area (Å²) in [7, 11) is 0. The van der Waals surface area contributed by atoms with Gasteiger partial charge in [-0.25, -0.2) is 9.38 Å². The van der Waals surface area contributed by atoms with E-state index in [9.17, 15) is 4.39 Å². The number of nitrogens with two attached hydrogens (primary N) is 1. The standard InChI is InChI=1S/C14H18FN3O/c15-9-5-6-13-11(7-9)12(8-19-13)18-14(16)17-10-3-1-2-4-10/h5-7,10,12H,1-4,8H2,(H3,16,17,18). The van der Waals surface area contributed by atoms with E-state index in [2.05, 4.69) is 10.3 Å². The van der Waals surface area contributed by atoms with Gasteiger partial charge >= 0.3 is 0 Å². The van der Waals surface area contributed by atoms with E-state index < -0.39 is 0 Å². The van der Waals surface area contributed by atoms with E-state index in [1.165, 1.54) is 25.0 Å². The molecule has 1 fully saturated rings. The fourth-order valence-electron chi connectivity index (χ4n) is 2.76. The van der Waals surface area contributed by atoms with Crippen molar-refractivity contribution in [3.05, 3.63) is 29.6 Å². The lowest BCUT2D eigenvalue weighted by molar-refractivity contribution is 0.333. The fourth-order valence-corrected chi connectivity index (χ4v) is 2.76. The molecule has 1 atom stereocenters. The summed E-state index contributed by atoms with van der Waals surface area (Å²) in [6, 6.07) is 4.73. The first-order valence-electron chi connectivity index (χ1n) is 6.74. The van der Waals surface area contributed by atoms with E-state index in [1.807, 2.05) is 0 Å². The lowest BCUT2D eigenvalue weighted by atomic mass is 10.1. The number of rotatable bonds is 2. The Morgan fingerprint density at radius 2 is 2.16 bits per heavy atom. The first-order chi connectivity index (χ1) is 9.22. The van der Waals surface area contributed by atoms with Gasteiger partial charge in [-0.1, -0.05) is 12.8 Å². The lowest BCUT2D eigenvalue weighted by Crippen LogP contribution is -2.38. The summed E-state index contributed by atoms with van der Waals surface area (Å²) in [6.07, 6.45) is 4.77. The topological polar surface area (TPSA) is 59.6 Å². The summed E-state index contributed by atoms with van der Waals surface area (Å²) in [4.78, 5) is 4.41. The highest BCUT2D eigenvalue weighted by Gasteiger charge is 2.25. The van der Waals surface area contributed by atoms with Gasteiger partial charge in [-0.3, -0.25) is 0 Å². The SMILES string of the molecule is NC(=NC1COc2ccc(F)cc21)NC1CCCC1. The maximum absolute atomic E-state index is 13.2. The van der Waals surface area contributed by atoms with Gasteiger partial charge in [0.25, 0.3) is 0 Å². The van der Waals surface area contributed by atoms with Crippen molar-refractivity contribution < 1.29 is 9.13 Å². The lowest BCUT2D eigenvalue weighted by Gasteiger charge is -2.13. The van der Waals surface area contributed by atoms with Gasteiger partial charge in [-0.05, 0) is 31.0 Å². The van der Waals surface area contributed by atoms with Crippen LogP contribution in [0.15, 0.2) is 23.2 Å². The Morgan fingerprint density at radius 3 is 2.95 bits per heavy atom. The summed E-state index contributed by atoms with van der Waals surface area (Å²) in [5.74, 6) is 0.855. The zero-order chi connectivity index (χ0) is 13.2. The number of ether oxygens (including phenoxy) is 1. The van der Waals surface area contributed by atoms with Crippen LogP contribution in [-0.4, -0.2) is 18.6 Å². The van der Waals surface area contributed by atoms with Crippen LogP contribution in [0.5, 0.6) is 5.75 Å². The molecule has 1 aliphatic heterocycles. The maximum atomic E-state index is 13.2. The first kappa shape index (κ1) is 12.3. The molecule has 0 spiro atoms. The number of nitrogens with zero attached hydrogens (tertiary/aromatic N) is 1. The number of guanidine groups is 1. The second kappa shape index (κ2) is 5.07. The molecular weight excluding hydrogens is 245 g/mol. The summed E-state index contributed by atoms with van der Waals surface area (Å²) < 4.78 is 18.7. The highest BCUT2D eigenvalue weighted by atomic mass is 19.1. The molecule has 1 heterocycles. The van der Waals surface area contributed by atoms with Crippen LogP contribution in [0.1, 0.15) is 37.3 Å². The van der Waals surface area contributed by atoms with Crippen molar-refractivity contribution in [2.45, 2.75) is 37.8 Å². The van der Waals surface area contributed by atoms with Crippen LogP contribution < -0.4 is 15.8 Å². The van der Waals surface area contributed by atoms with Gasteiger partial charge < -0.3 is 15.8 Å². The normalized spacial score (nSPS) is 23.2. The fraction of sp³-hybridized carbons (Fsp3) is 0.500. The molecule has 2 aliphatic rings. The van der Waals surface area contributed by atoms with Crippen LogP contribution in [-0.2, 0) is 0 Å². The highest BCUT2D eigenvalue weighted by molar-refractivity contribution is 5.78. The Hall–Kier alpha value is -1.78. The minimum Gasteiger partial charge on any atom is -0.491 e. The molecule has 0 saturated heterocycles. The summed E-state index contributed by atoms with van der Waals surface area (Å²) in [6.45, 7) is 0.422. The number of halogens is 1. The average molecular weight is 263 g/mol. The van der Waals surface area contributed by atoms with Gasteiger partial charge in [-0.2, -0.15) is 0 Å². The Labute approximate surface area is 111 Å². The number of benzene rings is 1. The number of fused-ring (bicyclic) bond motifs is 1. The van der Waals surface area contributed by atoms with E-state index >= 15 is 0 Å². The molecule has 1 unspecified atom stereocenters. The van der Waals surface area contributed by atoms with Crippen LogP contribution in [0.4, 0.5) is 4.39 Å². The second-order valence-corrected chi connectivity index (χ2v) is 5.15. The predicted octanol–water partition coefficient (Wildman–Crippen LogP) is 2.11. The van der Waals surface area contributed by atoms with Crippen molar-refractivity contribution in [1.29, 1.82) is 0 Å². The van der Waals surface area contributed by atoms with Crippen molar-refractivity contribution >= 4 is 5.96 Å². The molecule has 1 saturated carbocycles. The second-order valence-electron chi connectivity index (χ2n) is 5.15. The van der Waals surface area contributed by atoms with Gasteiger partial charge in [0.05, 0.1) is 0 Å². The molecule has 19 heavy (non-hydrogen) atoms. The Bertz CT molecular complexity index is 497. The molecule has 102 valence electrons. The van der Waals surface area contributed by atoms with Crippen LogP contribution in [0.25, 0.3) is 0 Å². The molecule has 4 nitrogen and oxygen atoms in total. The smallest absolute Gasteiger partial charge is 0.189 e. The van der Waals surface area contributed by atoms with E-state index in [1.54, 1.807) is 6.07 Å². The summed E-state index contributed by atoms with van der Waals surface area (Å²) in [5.41, 5.74) is 6.69. The van der Waals surface area contributed by atoms with Gasteiger partial charge in [-0.15, -0.1) is 0 Å². The average Bonchev–Trinajstić information content (AvgIpc) is 3.00. The van der Waals surface area contributed by atoms with E-state index in [-0.39, 0.29) is 11.9 Å². The Morgan fingerprint density at radius 1 is 1.37 bits per heavy atom. The molecule has 5 heteroatoms. The molecule has 3 N–H and O–H groups in total. The molecule has 0 aromatic heterocycles. The van der Waals surface area contributed by atoms with Crippen LogP contribution in [0.3, 0.4) is 0 Å². The van der Waals surface area contributed by atoms with Crippen LogP contribution >= 0.6 is 0 Å².